The molecule has 0 unspecified atom stereocenters. The fraction of sp³-hybridized carbons (Fsp3) is 0.143. The van der Waals surface area contributed by atoms with E-state index in [1.165, 1.54) is 12.8 Å². The topological polar surface area (TPSA) is 12.8 Å². The van der Waals surface area contributed by atoms with Gasteiger partial charge in [-0.15, -0.1) is 17.7 Å². The quantitative estimate of drug-likeness (QED) is 0.0778. The van der Waals surface area contributed by atoms with Crippen molar-refractivity contribution in [2.45, 2.75) is 12.8 Å². The van der Waals surface area contributed by atoms with Gasteiger partial charge < -0.3 is 4.74 Å². The van der Waals surface area contributed by atoms with Gasteiger partial charge in [-0.25, -0.2) is 87.8 Å². The molecule has 1 aliphatic rings. The molecule has 1 nitrogen and oxygen atoms in total. The molecule has 0 atom stereocenters. The summed E-state index contributed by atoms with van der Waals surface area (Å²) in [6.07, 6.45) is 2.67. The van der Waals surface area contributed by atoms with Gasteiger partial charge in [0.2, 0.25) is 0 Å². The predicted octanol–water partition coefficient (Wildman–Crippen LogP) is 6.15. The summed E-state index contributed by atoms with van der Waals surface area (Å²) in [7, 11) is 0. The van der Waals surface area contributed by atoms with E-state index in [2.05, 4.69) is 4.74 Å². The molecule has 270 valence electrons. The van der Waals surface area contributed by atoms with Crippen LogP contribution in [0.15, 0.2) is 0 Å². The highest BCUT2D eigenvalue weighted by molar-refractivity contribution is 7.20. The Balaban J connectivity index is 0.00000103. The summed E-state index contributed by atoms with van der Waals surface area (Å²) in [5.74, 6) is -70.8. The first kappa shape index (κ1) is 38.8. The van der Waals surface area contributed by atoms with E-state index in [0.29, 0.717) is 0 Å². The van der Waals surface area contributed by atoms with E-state index in [-0.39, 0.29) is 0 Å². The number of halogens is 20. The van der Waals surface area contributed by atoms with Crippen LogP contribution in [0.5, 0.6) is 0 Å². The van der Waals surface area contributed by atoms with E-state index >= 15 is 35.1 Å². The summed E-state index contributed by atoms with van der Waals surface area (Å²) < 4.78 is 285. The van der Waals surface area contributed by atoms with Gasteiger partial charge in [0.05, 0.1) is 0 Å². The lowest BCUT2D eigenvalue weighted by Gasteiger charge is -2.42. The zero-order valence-electron chi connectivity index (χ0n) is 23.4. The molecular weight excluding hydrogens is 759 g/mol. The third-order valence-electron chi connectivity index (χ3n) is 7.59. The number of aliphatic hydroxyl groups is 2. The Morgan fingerprint density at radius 1 is 0.240 bits per heavy atom. The van der Waals surface area contributed by atoms with E-state index in [9.17, 15) is 52.7 Å². The summed E-state index contributed by atoms with van der Waals surface area (Å²) in [4.78, 5) is 0. The number of benzene rings is 4. The lowest BCUT2D eigenvalue weighted by atomic mass is 10.2. The van der Waals surface area contributed by atoms with Crippen molar-refractivity contribution >= 4 is 30.8 Å². The van der Waals surface area contributed by atoms with Crippen molar-refractivity contribution in [3.05, 3.63) is 116 Å². The van der Waals surface area contributed by atoms with Gasteiger partial charge in [0, 0.05) is 12.8 Å². The number of rotatable bonds is 4. The van der Waals surface area contributed by atoms with Crippen LogP contribution < -0.4 is 17.7 Å². The van der Waals surface area contributed by atoms with E-state index in [4.69, 9.17) is 0 Å². The molecule has 0 amide bonds. The molecule has 0 bridgehead atoms. The van der Waals surface area contributed by atoms with Crippen molar-refractivity contribution in [1.29, 1.82) is 0 Å². The highest BCUT2D eigenvalue weighted by Gasteiger charge is 2.55. The molecule has 0 saturated carbocycles. The van der Waals surface area contributed by atoms with E-state index in [1.807, 2.05) is 0 Å². The fourth-order valence-electron chi connectivity index (χ4n) is 5.43. The first-order valence-corrected chi connectivity index (χ1v) is 15.4. The average Bonchev–Trinajstić information content (AvgIpc) is 3.69. The molecule has 4 aromatic carbocycles. The standard InChI is InChI=1S/4C6F5.C4H8O.Al/c4*7-2-1-3(8)5(10)6(11)4(2)9;1-2-4-5-3-1;/h;;;;1-4H2;/q;;;;;-1/p+1. The summed E-state index contributed by atoms with van der Waals surface area (Å²) >= 11 is -9.08. The monoisotopic (exact) mass is 768 g/mol. The molecule has 4 aromatic rings. The lowest BCUT2D eigenvalue weighted by molar-refractivity contribution is 0.0102. The van der Waals surface area contributed by atoms with Gasteiger partial charge in [-0.3, -0.25) is 0 Å². The van der Waals surface area contributed by atoms with E-state index in [1.54, 1.807) is 0 Å². The van der Waals surface area contributed by atoms with Crippen LogP contribution in [0.1, 0.15) is 12.8 Å². The third-order valence-corrected chi connectivity index (χ3v) is 13.1. The Labute approximate surface area is 266 Å². The van der Waals surface area contributed by atoms with Gasteiger partial charge >= 0.3 is 13.1 Å². The molecule has 0 spiro atoms. The van der Waals surface area contributed by atoms with Gasteiger partial charge in [-0.2, -0.15) is 0 Å². The predicted molar refractivity (Wildman–Crippen MR) is 130 cm³/mol. The molecule has 1 aliphatic heterocycles. The van der Waals surface area contributed by atoms with E-state index < -0.39 is 147 Å². The maximum Gasteiger partial charge on any atom is 0.300 e. The lowest BCUT2D eigenvalue weighted by Crippen LogP contribution is -2.81. The second-order valence-electron chi connectivity index (χ2n) is 10.2. The van der Waals surface area contributed by atoms with Crippen molar-refractivity contribution in [3.63, 3.8) is 0 Å². The molecule has 1 saturated heterocycles. The minimum atomic E-state index is -9.08. The van der Waals surface area contributed by atoms with Gasteiger partial charge in [0.25, 0.3) is 0 Å². The molecule has 0 aromatic heterocycles. The van der Waals surface area contributed by atoms with Crippen LogP contribution in [-0.4, -0.2) is 31.0 Å². The zero-order chi connectivity index (χ0) is 37.9. The highest BCUT2D eigenvalue weighted by atomic mass is 27.2. The van der Waals surface area contributed by atoms with Gasteiger partial charge in [-0.1, -0.05) is 0 Å². The first-order chi connectivity index (χ1) is 23.2. The minimum Gasteiger partial charge on any atom is -0.434 e. The highest BCUT2D eigenvalue weighted by Crippen LogP contribution is 2.30. The second kappa shape index (κ2) is 13.9. The van der Waals surface area contributed by atoms with Crippen molar-refractivity contribution in [2.24, 2.45) is 0 Å². The van der Waals surface area contributed by atoms with Gasteiger partial charge in [0.1, 0.15) is 59.8 Å². The molecule has 50 heavy (non-hydrogen) atoms. The number of hydrogen-bond acceptors (Lipinski definition) is 0. The maximum atomic E-state index is 15.4. The molecular formula is C28H9AlF20O. The minimum absolute atomic E-state index is 1.12. The molecule has 0 radical (unpaired) electrons. The average molecular weight is 768 g/mol. The second-order valence-corrected chi connectivity index (χ2v) is 14.2. The smallest absolute Gasteiger partial charge is 0.300 e. The Morgan fingerprint density at radius 3 is 0.500 bits per heavy atom. The van der Waals surface area contributed by atoms with Crippen molar-refractivity contribution < 1.29 is 92.5 Å². The summed E-state index contributed by atoms with van der Waals surface area (Å²) in [6.45, 7) is 2.25. The normalized spacial score (nSPS) is 13.2. The van der Waals surface area contributed by atoms with Crippen LogP contribution in [-0.2, 0) is 0 Å². The van der Waals surface area contributed by atoms with E-state index in [0.717, 1.165) is 13.2 Å². The third kappa shape index (κ3) is 5.55. The largest absolute Gasteiger partial charge is 0.434 e. The molecule has 1 N–H and O–H groups in total. The van der Waals surface area contributed by atoms with Crippen LogP contribution in [0.4, 0.5) is 87.8 Å². The zero-order valence-corrected chi connectivity index (χ0v) is 24.6. The van der Waals surface area contributed by atoms with Gasteiger partial charge in [0.15, 0.2) is 69.8 Å². The van der Waals surface area contributed by atoms with Crippen LogP contribution in [0.25, 0.3) is 0 Å². The maximum absolute atomic E-state index is 15.4. The molecule has 1 heterocycles. The van der Waals surface area contributed by atoms with Crippen LogP contribution in [0, 0.1) is 116 Å². The first-order valence-electron chi connectivity index (χ1n) is 13.1. The molecule has 22 heteroatoms. The molecule has 5 rings (SSSR count). The SMILES string of the molecule is C1CC[OH+]C1.Fc1c(F)c(F)[c]([Al-]([c]2c(F)c(F)c(F)c(F)c2F)([c]2c(F)c(F)c(F)c(F)c2F)[c]2c(F)c(F)c(F)c(F)c2F)c(F)c1F. The number of hydrogen-bond donors (Lipinski definition) is 0. The Hall–Kier alpha value is -4.03. The van der Waals surface area contributed by atoms with Crippen molar-refractivity contribution in [3.8, 4) is 0 Å². The summed E-state index contributed by atoms with van der Waals surface area (Å²) in [5, 5.41) is 0. The fourth-order valence-corrected chi connectivity index (χ4v) is 11.2. The van der Waals surface area contributed by atoms with Crippen LogP contribution in [0.3, 0.4) is 0 Å². The Kier molecular flexibility index (Phi) is 10.8. The number of ether oxygens (including phenoxy) is 1. The Bertz CT molecular complexity index is 1650. The van der Waals surface area contributed by atoms with Crippen LogP contribution in [0.2, 0.25) is 0 Å². The van der Waals surface area contributed by atoms with Crippen molar-refractivity contribution in [1.82, 2.24) is 0 Å². The molecule has 0 aliphatic carbocycles. The molecule has 1 fully saturated rings. The van der Waals surface area contributed by atoms with Crippen LogP contribution >= 0.6 is 0 Å². The van der Waals surface area contributed by atoms with Crippen molar-refractivity contribution in [2.75, 3.05) is 13.2 Å². The Morgan fingerprint density at radius 2 is 0.380 bits per heavy atom. The summed E-state index contributed by atoms with van der Waals surface area (Å²) in [6, 6.07) is 0. The summed E-state index contributed by atoms with van der Waals surface area (Å²) in [5.41, 5.74) is 0. The van der Waals surface area contributed by atoms with Gasteiger partial charge in [-0.05, 0) is 0 Å².